The number of H-pyrrole nitrogens is 2. The lowest BCUT2D eigenvalue weighted by Gasteiger charge is -2.04. The van der Waals surface area contributed by atoms with Gasteiger partial charge in [-0.25, -0.2) is 9.37 Å². The summed E-state index contributed by atoms with van der Waals surface area (Å²) in [5.74, 6) is -0.221. The van der Waals surface area contributed by atoms with Crippen molar-refractivity contribution in [3.05, 3.63) is 78.5 Å². The van der Waals surface area contributed by atoms with Crippen LogP contribution in [0.5, 0.6) is 5.75 Å². The standard InChI is InChI=1S/C25H17FN6O/c1-13-6-14(8-16(26)7-13)23-18-10-22(29-20(18)4-5-28-23)25-24-21(31-32-25)3-2-19(30-24)15-9-17(33)12-27-11-15/h2-12,29,33H,1H3,(H,31,32). The molecule has 5 heterocycles. The van der Waals surface area contributed by atoms with Crippen LogP contribution in [0.3, 0.4) is 0 Å². The molecule has 0 atom stereocenters. The van der Waals surface area contributed by atoms with Gasteiger partial charge in [0.1, 0.15) is 22.8 Å². The predicted octanol–water partition coefficient (Wildman–Crippen LogP) is 5.38. The van der Waals surface area contributed by atoms with Crippen LogP contribution in [-0.2, 0) is 0 Å². The maximum atomic E-state index is 14.0. The van der Waals surface area contributed by atoms with Crippen molar-refractivity contribution >= 4 is 21.9 Å². The number of hydrogen-bond donors (Lipinski definition) is 3. The lowest BCUT2D eigenvalue weighted by atomic mass is 10.0. The van der Waals surface area contributed by atoms with Crippen LogP contribution in [0.25, 0.3) is 55.8 Å². The molecule has 0 amide bonds. The van der Waals surface area contributed by atoms with Crippen LogP contribution in [0.1, 0.15) is 5.56 Å². The van der Waals surface area contributed by atoms with E-state index in [1.165, 1.54) is 18.3 Å². The van der Waals surface area contributed by atoms with Crippen LogP contribution in [-0.4, -0.2) is 35.2 Å². The number of benzene rings is 1. The highest BCUT2D eigenvalue weighted by molar-refractivity contribution is 5.99. The van der Waals surface area contributed by atoms with Gasteiger partial charge in [0.05, 0.1) is 28.8 Å². The number of pyridine rings is 3. The average Bonchev–Trinajstić information content (AvgIpc) is 3.41. The third-order valence-electron chi connectivity index (χ3n) is 5.55. The van der Waals surface area contributed by atoms with E-state index in [9.17, 15) is 9.50 Å². The van der Waals surface area contributed by atoms with Crippen molar-refractivity contribution in [3.8, 4) is 39.7 Å². The van der Waals surface area contributed by atoms with Crippen LogP contribution in [0.4, 0.5) is 4.39 Å². The van der Waals surface area contributed by atoms with Crippen molar-refractivity contribution in [2.75, 3.05) is 0 Å². The molecule has 0 aliphatic heterocycles. The minimum absolute atomic E-state index is 0.0741. The topological polar surface area (TPSA) is 103 Å². The average molecular weight is 436 g/mol. The summed E-state index contributed by atoms with van der Waals surface area (Å²) in [6, 6.07) is 14.1. The smallest absolute Gasteiger partial charge is 0.135 e. The number of nitrogens with zero attached hydrogens (tertiary/aromatic N) is 4. The lowest BCUT2D eigenvalue weighted by molar-refractivity contribution is 0.473. The van der Waals surface area contributed by atoms with Crippen LogP contribution < -0.4 is 0 Å². The summed E-state index contributed by atoms with van der Waals surface area (Å²) in [4.78, 5) is 16.7. The van der Waals surface area contributed by atoms with Gasteiger partial charge in [-0.2, -0.15) is 5.10 Å². The van der Waals surface area contributed by atoms with Gasteiger partial charge in [-0.15, -0.1) is 0 Å². The number of hydrogen-bond acceptors (Lipinski definition) is 5. The maximum absolute atomic E-state index is 14.0. The highest BCUT2D eigenvalue weighted by Crippen LogP contribution is 2.33. The first-order valence-corrected chi connectivity index (χ1v) is 10.3. The second kappa shape index (κ2) is 7.23. The van der Waals surface area contributed by atoms with Crippen molar-refractivity contribution in [2.24, 2.45) is 0 Å². The summed E-state index contributed by atoms with van der Waals surface area (Å²) < 4.78 is 14.0. The van der Waals surface area contributed by atoms with Gasteiger partial charge in [0, 0.05) is 34.4 Å². The first-order chi connectivity index (χ1) is 16.0. The van der Waals surface area contributed by atoms with Crippen molar-refractivity contribution in [1.82, 2.24) is 30.1 Å². The Morgan fingerprint density at radius 1 is 0.909 bits per heavy atom. The number of aromatic nitrogens is 6. The van der Waals surface area contributed by atoms with Gasteiger partial charge < -0.3 is 10.1 Å². The number of rotatable bonds is 3. The fourth-order valence-electron chi connectivity index (χ4n) is 4.10. The summed E-state index contributed by atoms with van der Waals surface area (Å²) >= 11 is 0. The molecule has 6 aromatic rings. The van der Waals surface area contributed by atoms with Gasteiger partial charge in [0.15, 0.2) is 0 Å². The highest BCUT2D eigenvalue weighted by Gasteiger charge is 2.16. The van der Waals surface area contributed by atoms with E-state index in [2.05, 4.69) is 25.1 Å². The summed E-state index contributed by atoms with van der Waals surface area (Å²) in [6.07, 6.45) is 4.73. The van der Waals surface area contributed by atoms with E-state index in [1.807, 2.05) is 37.3 Å². The molecule has 0 saturated heterocycles. The van der Waals surface area contributed by atoms with Gasteiger partial charge in [-0.1, -0.05) is 0 Å². The number of aromatic amines is 2. The largest absolute Gasteiger partial charge is 0.506 e. The maximum Gasteiger partial charge on any atom is 0.135 e. The first kappa shape index (κ1) is 19.1. The molecule has 160 valence electrons. The van der Waals surface area contributed by atoms with Crippen LogP contribution in [0.2, 0.25) is 0 Å². The van der Waals surface area contributed by atoms with Crippen molar-refractivity contribution in [3.63, 3.8) is 0 Å². The Morgan fingerprint density at radius 3 is 2.67 bits per heavy atom. The fourth-order valence-corrected chi connectivity index (χ4v) is 4.10. The van der Waals surface area contributed by atoms with Gasteiger partial charge in [-0.3, -0.25) is 15.1 Å². The molecule has 0 fully saturated rings. The van der Waals surface area contributed by atoms with E-state index in [1.54, 1.807) is 18.5 Å². The fraction of sp³-hybridized carbons (Fsp3) is 0.0400. The minimum Gasteiger partial charge on any atom is -0.506 e. The monoisotopic (exact) mass is 436 g/mol. The van der Waals surface area contributed by atoms with E-state index in [0.717, 1.165) is 27.7 Å². The molecule has 6 rings (SSSR count). The molecule has 0 radical (unpaired) electrons. The molecule has 0 saturated carbocycles. The number of nitrogens with one attached hydrogen (secondary N) is 2. The van der Waals surface area contributed by atoms with Gasteiger partial charge >= 0.3 is 0 Å². The van der Waals surface area contributed by atoms with Crippen molar-refractivity contribution in [1.29, 1.82) is 0 Å². The van der Waals surface area contributed by atoms with E-state index < -0.39 is 0 Å². The van der Waals surface area contributed by atoms with Crippen LogP contribution in [0.15, 0.2) is 67.1 Å². The number of aromatic hydroxyl groups is 1. The van der Waals surface area contributed by atoms with Crippen LogP contribution in [0, 0.1) is 12.7 Å². The van der Waals surface area contributed by atoms with Gasteiger partial charge in [-0.05, 0) is 61.0 Å². The third kappa shape index (κ3) is 3.28. The minimum atomic E-state index is -0.295. The normalized spacial score (nSPS) is 11.5. The molecule has 8 heteroatoms. The van der Waals surface area contributed by atoms with Gasteiger partial charge in [0.2, 0.25) is 0 Å². The number of fused-ring (bicyclic) bond motifs is 2. The lowest BCUT2D eigenvalue weighted by Crippen LogP contribution is -1.87. The molecule has 5 aromatic heterocycles. The Kier molecular flexibility index (Phi) is 4.19. The van der Waals surface area contributed by atoms with E-state index in [0.29, 0.717) is 33.7 Å². The Morgan fingerprint density at radius 2 is 1.82 bits per heavy atom. The summed E-state index contributed by atoms with van der Waals surface area (Å²) in [6.45, 7) is 1.86. The molecule has 0 spiro atoms. The third-order valence-corrected chi connectivity index (χ3v) is 5.55. The molecule has 0 bridgehead atoms. The van der Waals surface area contributed by atoms with Crippen molar-refractivity contribution in [2.45, 2.75) is 6.92 Å². The second-order valence-corrected chi connectivity index (χ2v) is 7.92. The molecular formula is C25H17FN6O. The molecular weight excluding hydrogens is 419 g/mol. The zero-order valence-corrected chi connectivity index (χ0v) is 17.5. The second-order valence-electron chi connectivity index (χ2n) is 7.92. The molecule has 1 aromatic carbocycles. The summed E-state index contributed by atoms with van der Waals surface area (Å²) in [7, 11) is 0. The molecule has 0 aliphatic rings. The first-order valence-electron chi connectivity index (χ1n) is 10.3. The summed E-state index contributed by atoms with van der Waals surface area (Å²) in [5.41, 5.74) is 7.34. The molecule has 33 heavy (non-hydrogen) atoms. The summed E-state index contributed by atoms with van der Waals surface area (Å²) in [5, 5.41) is 18.1. The molecule has 0 unspecified atom stereocenters. The quantitative estimate of drug-likeness (QED) is 0.345. The zero-order chi connectivity index (χ0) is 22.5. The van der Waals surface area contributed by atoms with Crippen molar-refractivity contribution < 1.29 is 9.50 Å². The number of aryl methyl sites for hydroxylation is 1. The Balaban J connectivity index is 1.51. The van der Waals surface area contributed by atoms with E-state index >= 15 is 0 Å². The predicted molar refractivity (Wildman–Crippen MR) is 124 cm³/mol. The Hall–Kier alpha value is -4.59. The molecule has 0 aliphatic carbocycles. The number of halogens is 1. The van der Waals surface area contributed by atoms with E-state index in [-0.39, 0.29) is 11.6 Å². The highest BCUT2D eigenvalue weighted by atomic mass is 19.1. The van der Waals surface area contributed by atoms with Crippen LogP contribution >= 0.6 is 0 Å². The Labute approximate surface area is 187 Å². The Bertz CT molecular complexity index is 1650. The SMILES string of the molecule is Cc1cc(F)cc(-c2nccc3[nH]c(-c4n[nH]c5ccc(-c6cncc(O)c6)nc45)cc23)c1. The van der Waals surface area contributed by atoms with Gasteiger partial charge in [0.25, 0.3) is 0 Å². The molecule has 7 nitrogen and oxygen atoms in total. The molecule has 3 N–H and O–H groups in total. The van der Waals surface area contributed by atoms with E-state index in [4.69, 9.17) is 4.98 Å². The zero-order valence-electron chi connectivity index (χ0n) is 17.5.